The summed E-state index contributed by atoms with van der Waals surface area (Å²) in [7, 11) is 0. The van der Waals surface area contributed by atoms with Gasteiger partial charge in [-0.3, -0.25) is 0 Å². The predicted octanol–water partition coefficient (Wildman–Crippen LogP) is 4.44. The lowest BCUT2D eigenvalue weighted by molar-refractivity contribution is 0.295. The number of benzene rings is 1. The second kappa shape index (κ2) is 6.47. The maximum Gasteiger partial charge on any atom is 0.130 e. The van der Waals surface area contributed by atoms with Crippen molar-refractivity contribution in [3.8, 4) is 0 Å². The van der Waals surface area contributed by atoms with Crippen molar-refractivity contribution in [2.75, 3.05) is 6.54 Å². The van der Waals surface area contributed by atoms with Gasteiger partial charge in [0.2, 0.25) is 0 Å². The van der Waals surface area contributed by atoms with E-state index in [1.165, 1.54) is 18.9 Å². The number of rotatable bonds is 5. The molecule has 2 rings (SSSR count). The van der Waals surface area contributed by atoms with Crippen LogP contribution in [0, 0.1) is 23.5 Å². The van der Waals surface area contributed by atoms with Crippen LogP contribution in [-0.2, 0) is 0 Å². The Morgan fingerprint density at radius 1 is 1.32 bits per heavy atom. The zero-order valence-corrected chi connectivity index (χ0v) is 11.8. The molecule has 0 aromatic heterocycles. The van der Waals surface area contributed by atoms with Crippen LogP contribution in [0.2, 0.25) is 0 Å². The summed E-state index contributed by atoms with van der Waals surface area (Å²) in [5, 5.41) is 3.46. The van der Waals surface area contributed by atoms with E-state index in [2.05, 4.69) is 19.2 Å². The molecule has 1 aliphatic rings. The minimum Gasteiger partial charge on any atom is -0.310 e. The molecule has 1 saturated carbocycles. The van der Waals surface area contributed by atoms with Gasteiger partial charge in [0.15, 0.2) is 0 Å². The Kier molecular flexibility index (Phi) is 4.92. The number of hydrogen-bond donors (Lipinski definition) is 1. The molecule has 1 N–H and O–H groups in total. The van der Waals surface area contributed by atoms with Gasteiger partial charge in [0.1, 0.15) is 11.6 Å². The lowest BCUT2D eigenvalue weighted by Gasteiger charge is -2.29. The summed E-state index contributed by atoms with van der Waals surface area (Å²) in [5.41, 5.74) is 0.619. The molecule has 0 saturated heterocycles. The van der Waals surface area contributed by atoms with Gasteiger partial charge >= 0.3 is 0 Å². The van der Waals surface area contributed by atoms with E-state index < -0.39 is 11.6 Å². The first-order valence-corrected chi connectivity index (χ1v) is 7.31. The fourth-order valence-electron chi connectivity index (χ4n) is 3.21. The first-order valence-electron chi connectivity index (χ1n) is 7.31. The lowest BCUT2D eigenvalue weighted by Crippen LogP contribution is -2.31. The van der Waals surface area contributed by atoms with Gasteiger partial charge in [0, 0.05) is 17.7 Å². The minimum absolute atomic E-state index is 0.0121. The Bertz CT molecular complexity index is 419. The van der Waals surface area contributed by atoms with Gasteiger partial charge < -0.3 is 5.32 Å². The largest absolute Gasteiger partial charge is 0.310 e. The van der Waals surface area contributed by atoms with Gasteiger partial charge in [0.25, 0.3) is 0 Å². The van der Waals surface area contributed by atoms with Gasteiger partial charge in [-0.05, 0) is 37.3 Å². The first kappa shape index (κ1) is 14.4. The van der Waals surface area contributed by atoms with Crippen molar-refractivity contribution in [3.05, 3.63) is 35.4 Å². The molecular formula is C16H23F2N. The van der Waals surface area contributed by atoms with E-state index in [1.807, 2.05) is 0 Å². The van der Waals surface area contributed by atoms with E-state index in [9.17, 15) is 8.78 Å². The molecule has 106 valence electrons. The monoisotopic (exact) mass is 267 g/mol. The van der Waals surface area contributed by atoms with E-state index in [-0.39, 0.29) is 6.04 Å². The second-order valence-corrected chi connectivity index (χ2v) is 5.67. The molecule has 3 atom stereocenters. The Hall–Kier alpha value is -0.960. The first-order chi connectivity index (χ1) is 9.13. The van der Waals surface area contributed by atoms with Crippen LogP contribution in [0.5, 0.6) is 0 Å². The molecule has 0 bridgehead atoms. The van der Waals surface area contributed by atoms with Crippen molar-refractivity contribution in [3.63, 3.8) is 0 Å². The van der Waals surface area contributed by atoms with Crippen LogP contribution in [0.1, 0.15) is 51.1 Å². The Balaban J connectivity index is 2.25. The molecule has 1 aromatic rings. The molecule has 1 fully saturated rings. The zero-order valence-electron chi connectivity index (χ0n) is 11.8. The third kappa shape index (κ3) is 3.33. The van der Waals surface area contributed by atoms with Crippen molar-refractivity contribution >= 4 is 0 Å². The smallest absolute Gasteiger partial charge is 0.130 e. The van der Waals surface area contributed by atoms with Crippen molar-refractivity contribution in [1.29, 1.82) is 0 Å². The Labute approximate surface area is 114 Å². The minimum atomic E-state index is -0.505. The van der Waals surface area contributed by atoms with E-state index in [0.29, 0.717) is 17.4 Å². The standard InChI is InChI=1S/C16H23F2N/c1-3-9-19-16(13-6-4-5-11(13)2)14-8-7-12(17)10-15(14)18/h7-8,10-11,13,16,19H,3-6,9H2,1-2H3. The highest BCUT2D eigenvalue weighted by atomic mass is 19.1. The van der Waals surface area contributed by atoms with Crippen LogP contribution in [0.25, 0.3) is 0 Å². The normalized spacial score (nSPS) is 24.6. The van der Waals surface area contributed by atoms with E-state index in [0.717, 1.165) is 25.5 Å². The van der Waals surface area contributed by atoms with Gasteiger partial charge in [0.05, 0.1) is 0 Å². The average Bonchev–Trinajstić information content (AvgIpc) is 2.78. The maximum absolute atomic E-state index is 14.0. The van der Waals surface area contributed by atoms with Crippen LogP contribution >= 0.6 is 0 Å². The predicted molar refractivity (Wildman–Crippen MR) is 73.9 cm³/mol. The summed E-state index contributed by atoms with van der Waals surface area (Å²) in [6.07, 6.45) is 4.55. The quantitative estimate of drug-likeness (QED) is 0.831. The summed E-state index contributed by atoms with van der Waals surface area (Å²) in [6.45, 7) is 5.20. The summed E-state index contributed by atoms with van der Waals surface area (Å²) in [4.78, 5) is 0. The van der Waals surface area contributed by atoms with Crippen LogP contribution in [0.3, 0.4) is 0 Å². The van der Waals surface area contributed by atoms with Crippen LogP contribution in [0.4, 0.5) is 8.78 Å². The molecule has 1 nitrogen and oxygen atoms in total. The summed E-state index contributed by atoms with van der Waals surface area (Å²) < 4.78 is 27.1. The SMILES string of the molecule is CCCNC(c1ccc(F)cc1F)C1CCCC1C. The van der Waals surface area contributed by atoms with Gasteiger partial charge in [-0.1, -0.05) is 32.8 Å². The van der Waals surface area contributed by atoms with E-state index >= 15 is 0 Å². The number of hydrogen-bond acceptors (Lipinski definition) is 1. The lowest BCUT2D eigenvalue weighted by atomic mass is 9.85. The molecule has 3 heteroatoms. The van der Waals surface area contributed by atoms with Crippen LogP contribution in [-0.4, -0.2) is 6.54 Å². The fourth-order valence-corrected chi connectivity index (χ4v) is 3.21. The third-order valence-corrected chi connectivity index (χ3v) is 4.27. The Morgan fingerprint density at radius 2 is 2.11 bits per heavy atom. The molecule has 3 unspecified atom stereocenters. The zero-order chi connectivity index (χ0) is 13.8. The van der Waals surface area contributed by atoms with Crippen molar-refractivity contribution in [2.45, 2.75) is 45.6 Å². The number of nitrogens with one attached hydrogen (secondary N) is 1. The molecule has 0 radical (unpaired) electrons. The fraction of sp³-hybridized carbons (Fsp3) is 0.625. The molecule has 0 aliphatic heterocycles. The molecule has 0 heterocycles. The second-order valence-electron chi connectivity index (χ2n) is 5.67. The highest BCUT2D eigenvalue weighted by Gasteiger charge is 2.32. The highest BCUT2D eigenvalue weighted by molar-refractivity contribution is 5.23. The highest BCUT2D eigenvalue weighted by Crippen LogP contribution is 2.40. The van der Waals surface area contributed by atoms with Gasteiger partial charge in [-0.2, -0.15) is 0 Å². The van der Waals surface area contributed by atoms with Crippen LogP contribution in [0.15, 0.2) is 18.2 Å². The third-order valence-electron chi connectivity index (χ3n) is 4.27. The van der Waals surface area contributed by atoms with Crippen molar-refractivity contribution < 1.29 is 8.78 Å². The van der Waals surface area contributed by atoms with E-state index in [4.69, 9.17) is 0 Å². The summed E-state index contributed by atoms with van der Waals surface area (Å²) >= 11 is 0. The number of halogens is 2. The molecular weight excluding hydrogens is 244 g/mol. The maximum atomic E-state index is 14.0. The molecule has 0 amide bonds. The molecule has 1 aliphatic carbocycles. The molecule has 0 spiro atoms. The summed E-state index contributed by atoms with van der Waals surface area (Å²) in [6, 6.07) is 3.97. The Morgan fingerprint density at radius 3 is 2.68 bits per heavy atom. The topological polar surface area (TPSA) is 12.0 Å². The molecule has 19 heavy (non-hydrogen) atoms. The van der Waals surface area contributed by atoms with Crippen molar-refractivity contribution in [1.82, 2.24) is 5.32 Å². The molecule has 1 aromatic carbocycles. The van der Waals surface area contributed by atoms with Gasteiger partial charge in [-0.15, -0.1) is 0 Å². The van der Waals surface area contributed by atoms with Gasteiger partial charge in [-0.25, -0.2) is 8.78 Å². The van der Waals surface area contributed by atoms with E-state index in [1.54, 1.807) is 6.07 Å². The van der Waals surface area contributed by atoms with Crippen molar-refractivity contribution in [2.24, 2.45) is 11.8 Å². The average molecular weight is 267 g/mol. The van der Waals surface area contributed by atoms with Crippen LogP contribution < -0.4 is 5.32 Å². The summed E-state index contributed by atoms with van der Waals surface area (Å²) in [5.74, 6) is 0.119.